The van der Waals surface area contributed by atoms with Crippen LogP contribution < -0.4 is 0 Å². The van der Waals surface area contributed by atoms with Gasteiger partial charge in [0, 0.05) is 20.0 Å². The van der Waals surface area contributed by atoms with Crippen molar-refractivity contribution in [1.29, 1.82) is 0 Å². The standard InChI is InChI=1S/C8H13F3O3/c1-12-2-3-13-6-4-7(5-6)14-8(9,10)11/h6-7H,2-5H2,1H3. The van der Waals surface area contributed by atoms with Crippen molar-refractivity contribution in [3.05, 3.63) is 0 Å². The molecule has 1 aliphatic rings. The summed E-state index contributed by atoms with van der Waals surface area (Å²) in [5.74, 6) is 0. The lowest BCUT2D eigenvalue weighted by Gasteiger charge is -2.34. The van der Waals surface area contributed by atoms with E-state index in [9.17, 15) is 13.2 Å². The average Bonchev–Trinajstić information content (AvgIpc) is 1.97. The molecule has 0 radical (unpaired) electrons. The van der Waals surface area contributed by atoms with Crippen LogP contribution in [-0.4, -0.2) is 38.9 Å². The Hall–Kier alpha value is -0.330. The van der Waals surface area contributed by atoms with Crippen LogP contribution in [0.3, 0.4) is 0 Å². The third kappa shape index (κ3) is 4.26. The van der Waals surface area contributed by atoms with Crippen LogP contribution in [0.15, 0.2) is 0 Å². The zero-order chi connectivity index (χ0) is 10.6. The molecule has 0 aliphatic heterocycles. The predicted octanol–water partition coefficient (Wildman–Crippen LogP) is 1.72. The quantitative estimate of drug-likeness (QED) is 0.652. The molecule has 0 unspecified atom stereocenters. The van der Waals surface area contributed by atoms with Crippen LogP contribution in [0.2, 0.25) is 0 Å². The van der Waals surface area contributed by atoms with Gasteiger partial charge in [-0.3, -0.25) is 4.74 Å². The zero-order valence-corrected chi connectivity index (χ0v) is 7.84. The van der Waals surface area contributed by atoms with Crippen molar-refractivity contribution in [3.63, 3.8) is 0 Å². The molecular weight excluding hydrogens is 201 g/mol. The van der Waals surface area contributed by atoms with Gasteiger partial charge >= 0.3 is 6.36 Å². The maximum Gasteiger partial charge on any atom is 0.522 e. The Balaban J connectivity index is 2.00. The average molecular weight is 214 g/mol. The van der Waals surface area contributed by atoms with Gasteiger partial charge in [0.25, 0.3) is 0 Å². The molecule has 0 aromatic heterocycles. The van der Waals surface area contributed by atoms with Crippen molar-refractivity contribution in [2.24, 2.45) is 0 Å². The van der Waals surface area contributed by atoms with Gasteiger partial charge in [0.15, 0.2) is 0 Å². The smallest absolute Gasteiger partial charge is 0.382 e. The number of rotatable bonds is 5. The lowest BCUT2D eigenvalue weighted by atomic mass is 9.92. The van der Waals surface area contributed by atoms with Gasteiger partial charge in [0.1, 0.15) is 0 Å². The second kappa shape index (κ2) is 4.95. The van der Waals surface area contributed by atoms with Crippen LogP contribution in [0, 0.1) is 0 Å². The van der Waals surface area contributed by atoms with E-state index in [1.165, 1.54) is 0 Å². The molecule has 1 fully saturated rings. The highest BCUT2D eigenvalue weighted by atomic mass is 19.4. The van der Waals surface area contributed by atoms with E-state index in [-0.39, 0.29) is 6.10 Å². The van der Waals surface area contributed by atoms with Crippen LogP contribution in [-0.2, 0) is 14.2 Å². The molecule has 14 heavy (non-hydrogen) atoms. The molecular formula is C8H13F3O3. The largest absolute Gasteiger partial charge is 0.522 e. The number of hydrogen-bond acceptors (Lipinski definition) is 3. The molecule has 3 nitrogen and oxygen atoms in total. The molecule has 0 N–H and O–H groups in total. The summed E-state index contributed by atoms with van der Waals surface area (Å²) in [6.07, 6.45) is -4.76. The molecule has 0 spiro atoms. The van der Waals surface area contributed by atoms with Crippen LogP contribution in [0.25, 0.3) is 0 Å². The number of halogens is 3. The van der Waals surface area contributed by atoms with E-state index in [0.717, 1.165) is 0 Å². The molecule has 1 saturated carbocycles. The predicted molar refractivity (Wildman–Crippen MR) is 41.8 cm³/mol. The molecule has 0 heterocycles. The van der Waals surface area contributed by atoms with Gasteiger partial charge in [-0.25, -0.2) is 0 Å². The van der Waals surface area contributed by atoms with Crippen molar-refractivity contribution >= 4 is 0 Å². The Bertz CT molecular complexity index is 166. The molecule has 1 aliphatic carbocycles. The number of methoxy groups -OCH3 is 1. The summed E-state index contributed by atoms with van der Waals surface area (Å²) >= 11 is 0. The molecule has 0 aromatic carbocycles. The third-order valence-corrected chi connectivity index (χ3v) is 1.99. The fraction of sp³-hybridized carbons (Fsp3) is 1.00. The van der Waals surface area contributed by atoms with Gasteiger partial charge in [0.2, 0.25) is 0 Å². The van der Waals surface area contributed by atoms with Gasteiger partial charge in [0.05, 0.1) is 25.4 Å². The van der Waals surface area contributed by atoms with E-state index >= 15 is 0 Å². The van der Waals surface area contributed by atoms with Crippen molar-refractivity contribution in [2.45, 2.75) is 31.4 Å². The van der Waals surface area contributed by atoms with Crippen LogP contribution >= 0.6 is 0 Å². The fourth-order valence-electron chi connectivity index (χ4n) is 1.24. The van der Waals surface area contributed by atoms with Crippen molar-refractivity contribution in [1.82, 2.24) is 0 Å². The molecule has 1 rings (SSSR count). The normalized spacial score (nSPS) is 27.4. The van der Waals surface area contributed by atoms with Crippen LogP contribution in [0.4, 0.5) is 13.2 Å². The van der Waals surface area contributed by atoms with Crippen molar-refractivity contribution in [2.75, 3.05) is 20.3 Å². The summed E-state index contributed by atoms with van der Waals surface area (Å²) in [5, 5.41) is 0. The minimum atomic E-state index is -4.53. The molecule has 0 atom stereocenters. The van der Waals surface area contributed by atoms with Gasteiger partial charge in [-0.05, 0) is 0 Å². The SMILES string of the molecule is COCCOC1CC(OC(F)(F)F)C1. The first-order valence-corrected chi connectivity index (χ1v) is 4.36. The highest BCUT2D eigenvalue weighted by Gasteiger charge is 2.40. The van der Waals surface area contributed by atoms with E-state index in [1.54, 1.807) is 7.11 Å². The highest BCUT2D eigenvalue weighted by Crippen LogP contribution is 2.31. The molecule has 0 amide bonds. The monoisotopic (exact) mass is 214 g/mol. The van der Waals surface area contributed by atoms with Gasteiger partial charge in [-0.1, -0.05) is 0 Å². The van der Waals surface area contributed by atoms with Crippen molar-refractivity contribution < 1.29 is 27.4 Å². The first-order chi connectivity index (χ1) is 6.51. The zero-order valence-electron chi connectivity index (χ0n) is 7.84. The van der Waals surface area contributed by atoms with Gasteiger partial charge in [-0.2, -0.15) is 0 Å². The fourth-order valence-corrected chi connectivity index (χ4v) is 1.24. The number of hydrogen-bond donors (Lipinski definition) is 0. The summed E-state index contributed by atoms with van der Waals surface area (Å²) < 4.78 is 48.8. The first kappa shape index (κ1) is 11.7. The molecule has 0 saturated heterocycles. The minimum absolute atomic E-state index is 0.113. The minimum Gasteiger partial charge on any atom is -0.382 e. The Morgan fingerprint density at radius 2 is 1.79 bits per heavy atom. The lowest BCUT2D eigenvalue weighted by molar-refractivity contribution is -0.357. The maximum atomic E-state index is 11.7. The second-order valence-electron chi connectivity index (χ2n) is 3.14. The summed E-state index contributed by atoms with van der Waals surface area (Å²) in [4.78, 5) is 0. The summed E-state index contributed by atoms with van der Waals surface area (Å²) in [6.45, 7) is 0.876. The van der Waals surface area contributed by atoms with Crippen LogP contribution in [0.1, 0.15) is 12.8 Å². The highest BCUT2D eigenvalue weighted by molar-refractivity contribution is 4.81. The van der Waals surface area contributed by atoms with E-state index < -0.39 is 12.5 Å². The molecule has 84 valence electrons. The number of ether oxygens (including phenoxy) is 3. The second-order valence-corrected chi connectivity index (χ2v) is 3.14. The third-order valence-electron chi connectivity index (χ3n) is 1.99. The topological polar surface area (TPSA) is 27.7 Å². The Morgan fingerprint density at radius 1 is 1.14 bits per heavy atom. The summed E-state index contributed by atoms with van der Waals surface area (Å²) in [7, 11) is 1.54. The van der Waals surface area contributed by atoms with Gasteiger partial charge < -0.3 is 9.47 Å². The summed E-state index contributed by atoms with van der Waals surface area (Å²) in [6, 6.07) is 0. The maximum absolute atomic E-state index is 11.7. The Kier molecular flexibility index (Phi) is 4.15. The first-order valence-electron chi connectivity index (χ1n) is 4.36. The van der Waals surface area contributed by atoms with Crippen LogP contribution in [0.5, 0.6) is 0 Å². The van der Waals surface area contributed by atoms with E-state index in [0.29, 0.717) is 26.1 Å². The van der Waals surface area contributed by atoms with Gasteiger partial charge in [-0.15, -0.1) is 13.2 Å². The van der Waals surface area contributed by atoms with E-state index in [1.807, 2.05) is 0 Å². The molecule has 0 aromatic rings. The Labute approximate surface area is 80.1 Å². The number of alkyl halides is 3. The lowest BCUT2D eigenvalue weighted by Crippen LogP contribution is -2.41. The van der Waals surface area contributed by atoms with E-state index in [4.69, 9.17) is 9.47 Å². The van der Waals surface area contributed by atoms with E-state index in [2.05, 4.69) is 4.74 Å². The molecule has 6 heteroatoms. The summed E-state index contributed by atoms with van der Waals surface area (Å²) in [5.41, 5.74) is 0. The van der Waals surface area contributed by atoms with Crippen molar-refractivity contribution in [3.8, 4) is 0 Å². The Morgan fingerprint density at radius 3 is 2.29 bits per heavy atom. The molecule has 0 bridgehead atoms.